The van der Waals surface area contributed by atoms with Gasteiger partial charge in [-0.15, -0.1) is 0 Å². The molecule has 0 spiro atoms. The Morgan fingerprint density at radius 3 is 2.43 bits per heavy atom. The van der Waals surface area contributed by atoms with Crippen LogP contribution in [0.4, 0.5) is 0 Å². The van der Waals surface area contributed by atoms with Gasteiger partial charge < -0.3 is 13.9 Å². The summed E-state index contributed by atoms with van der Waals surface area (Å²) in [5, 5.41) is 0.864. The molecule has 0 saturated heterocycles. The van der Waals surface area contributed by atoms with Crippen LogP contribution >= 0.6 is 0 Å². The molecule has 5 nitrogen and oxygen atoms in total. The van der Waals surface area contributed by atoms with Crippen LogP contribution in [0.15, 0.2) is 21.3 Å². The molecule has 2 aromatic rings. The van der Waals surface area contributed by atoms with E-state index in [2.05, 4.69) is 4.74 Å². The van der Waals surface area contributed by atoms with E-state index in [0.29, 0.717) is 22.5 Å². The lowest BCUT2D eigenvalue weighted by Crippen LogP contribution is -2.25. The van der Waals surface area contributed by atoms with Crippen LogP contribution in [-0.2, 0) is 9.53 Å². The predicted molar refractivity (Wildman–Crippen MR) is 78.8 cm³/mol. The fourth-order valence-corrected chi connectivity index (χ4v) is 2.16. The van der Waals surface area contributed by atoms with Gasteiger partial charge in [-0.25, -0.2) is 9.59 Å². The van der Waals surface area contributed by atoms with Gasteiger partial charge >= 0.3 is 11.6 Å². The zero-order valence-electron chi connectivity index (χ0n) is 12.8. The van der Waals surface area contributed by atoms with Gasteiger partial charge in [-0.05, 0) is 45.4 Å². The van der Waals surface area contributed by atoms with E-state index in [1.165, 1.54) is 7.11 Å². The summed E-state index contributed by atoms with van der Waals surface area (Å²) in [6, 6.07) is 3.59. The number of aryl methyl sites for hydroxylation is 2. The van der Waals surface area contributed by atoms with Crippen LogP contribution in [0, 0.1) is 20.8 Å². The maximum absolute atomic E-state index is 11.8. The maximum atomic E-state index is 11.8. The number of hydrogen-bond acceptors (Lipinski definition) is 5. The van der Waals surface area contributed by atoms with Crippen molar-refractivity contribution >= 4 is 16.9 Å². The Kier molecular flexibility index (Phi) is 4.02. The molecule has 112 valence electrons. The molecule has 1 heterocycles. The molecule has 0 saturated carbocycles. The zero-order valence-corrected chi connectivity index (χ0v) is 12.8. The standard InChI is InChI=1S/C16H18O5/c1-8-9(2)15(17)21-14-10(3)13(7-6-12(8)14)20-11(4)16(18)19-5/h6-7,11H,1-5H3/t11-/m0/s1. The summed E-state index contributed by atoms with van der Waals surface area (Å²) in [4.78, 5) is 23.2. The Balaban J connectivity index is 2.55. The van der Waals surface area contributed by atoms with E-state index >= 15 is 0 Å². The van der Waals surface area contributed by atoms with Gasteiger partial charge in [0.2, 0.25) is 0 Å². The second-order valence-corrected chi connectivity index (χ2v) is 4.99. The van der Waals surface area contributed by atoms with Gasteiger partial charge in [0.15, 0.2) is 6.10 Å². The number of methoxy groups -OCH3 is 1. The van der Waals surface area contributed by atoms with Crippen LogP contribution in [-0.4, -0.2) is 19.2 Å². The highest BCUT2D eigenvalue weighted by atomic mass is 16.6. The van der Waals surface area contributed by atoms with Gasteiger partial charge in [0, 0.05) is 16.5 Å². The maximum Gasteiger partial charge on any atom is 0.346 e. The Hall–Kier alpha value is -2.30. The third-order valence-electron chi connectivity index (χ3n) is 3.66. The first-order valence-corrected chi connectivity index (χ1v) is 6.65. The van der Waals surface area contributed by atoms with Crippen molar-refractivity contribution in [2.24, 2.45) is 0 Å². The van der Waals surface area contributed by atoms with E-state index in [1.807, 2.05) is 13.0 Å². The third kappa shape index (κ3) is 2.63. The summed E-state index contributed by atoms with van der Waals surface area (Å²) in [6.45, 7) is 7.01. The summed E-state index contributed by atoms with van der Waals surface area (Å²) < 4.78 is 15.6. The van der Waals surface area contributed by atoms with Crippen molar-refractivity contribution < 1.29 is 18.7 Å². The summed E-state index contributed by atoms with van der Waals surface area (Å²) in [5.74, 6) is 0.0304. The Labute approximate surface area is 122 Å². The number of carbonyl (C=O) groups excluding carboxylic acids is 1. The SMILES string of the molecule is COC(=O)[C@H](C)Oc1ccc2c(C)c(C)c(=O)oc2c1C. The summed E-state index contributed by atoms with van der Waals surface area (Å²) in [6.07, 6.45) is -0.732. The molecule has 5 heteroatoms. The number of benzene rings is 1. The summed E-state index contributed by atoms with van der Waals surface area (Å²) in [5.41, 5.74) is 2.29. The van der Waals surface area contributed by atoms with Gasteiger partial charge in [0.25, 0.3) is 0 Å². The number of rotatable bonds is 3. The normalized spacial score (nSPS) is 12.2. The van der Waals surface area contributed by atoms with Crippen LogP contribution in [0.5, 0.6) is 5.75 Å². The summed E-state index contributed by atoms with van der Waals surface area (Å²) >= 11 is 0. The minimum Gasteiger partial charge on any atom is -0.479 e. The number of ether oxygens (including phenoxy) is 2. The topological polar surface area (TPSA) is 65.7 Å². The van der Waals surface area contributed by atoms with Crippen LogP contribution in [0.25, 0.3) is 11.0 Å². The molecular weight excluding hydrogens is 272 g/mol. The second kappa shape index (κ2) is 5.60. The van der Waals surface area contributed by atoms with Crippen molar-refractivity contribution in [2.75, 3.05) is 7.11 Å². The van der Waals surface area contributed by atoms with E-state index < -0.39 is 12.1 Å². The lowest BCUT2D eigenvalue weighted by atomic mass is 10.0. The van der Waals surface area contributed by atoms with Crippen LogP contribution < -0.4 is 10.4 Å². The first-order chi connectivity index (χ1) is 9.86. The molecule has 1 atom stereocenters. The van der Waals surface area contributed by atoms with Crippen molar-refractivity contribution in [3.8, 4) is 5.75 Å². The van der Waals surface area contributed by atoms with Crippen molar-refractivity contribution in [1.29, 1.82) is 0 Å². The lowest BCUT2D eigenvalue weighted by molar-refractivity contribution is -0.147. The smallest absolute Gasteiger partial charge is 0.346 e. The van der Waals surface area contributed by atoms with E-state index in [-0.39, 0.29) is 5.63 Å². The van der Waals surface area contributed by atoms with E-state index in [4.69, 9.17) is 9.15 Å². The molecular formula is C16H18O5. The van der Waals surface area contributed by atoms with Gasteiger partial charge in [0.05, 0.1) is 7.11 Å². The van der Waals surface area contributed by atoms with Crippen molar-refractivity contribution in [3.63, 3.8) is 0 Å². The van der Waals surface area contributed by atoms with Crippen LogP contribution in [0.2, 0.25) is 0 Å². The monoisotopic (exact) mass is 290 g/mol. The molecule has 0 aliphatic rings. The minimum absolute atomic E-state index is 0.360. The Morgan fingerprint density at radius 1 is 1.14 bits per heavy atom. The molecule has 1 aromatic carbocycles. The van der Waals surface area contributed by atoms with Gasteiger partial charge in [-0.2, -0.15) is 0 Å². The van der Waals surface area contributed by atoms with Gasteiger partial charge in [-0.3, -0.25) is 0 Å². The molecule has 0 amide bonds. The van der Waals surface area contributed by atoms with Gasteiger partial charge in [-0.1, -0.05) is 0 Å². The molecule has 0 fully saturated rings. The predicted octanol–water partition coefficient (Wildman–Crippen LogP) is 2.66. The fraction of sp³-hybridized carbons (Fsp3) is 0.375. The Bertz CT molecular complexity index is 757. The molecule has 0 unspecified atom stereocenters. The third-order valence-corrected chi connectivity index (χ3v) is 3.66. The first-order valence-electron chi connectivity index (χ1n) is 6.65. The largest absolute Gasteiger partial charge is 0.479 e. The highest BCUT2D eigenvalue weighted by Crippen LogP contribution is 2.29. The van der Waals surface area contributed by atoms with Crippen LogP contribution in [0.3, 0.4) is 0 Å². The Morgan fingerprint density at radius 2 is 1.81 bits per heavy atom. The molecule has 0 bridgehead atoms. The molecule has 21 heavy (non-hydrogen) atoms. The van der Waals surface area contributed by atoms with E-state index in [0.717, 1.165) is 10.9 Å². The molecule has 2 rings (SSSR count). The van der Waals surface area contributed by atoms with Crippen LogP contribution in [0.1, 0.15) is 23.6 Å². The lowest BCUT2D eigenvalue weighted by Gasteiger charge is -2.15. The average Bonchev–Trinajstić information content (AvgIpc) is 2.47. The highest BCUT2D eigenvalue weighted by Gasteiger charge is 2.18. The zero-order chi connectivity index (χ0) is 15.7. The van der Waals surface area contributed by atoms with Crippen molar-refractivity contribution in [3.05, 3.63) is 39.2 Å². The molecule has 0 aliphatic carbocycles. The van der Waals surface area contributed by atoms with E-state index in [1.54, 1.807) is 26.8 Å². The number of hydrogen-bond donors (Lipinski definition) is 0. The molecule has 1 aromatic heterocycles. The summed E-state index contributed by atoms with van der Waals surface area (Å²) in [7, 11) is 1.31. The number of fused-ring (bicyclic) bond motifs is 1. The first kappa shape index (κ1) is 15.1. The van der Waals surface area contributed by atoms with Gasteiger partial charge in [0.1, 0.15) is 11.3 Å². The number of carbonyl (C=O) groups is 1. The van der Waals surface area contributed by atoms with E-state index in [9.17, 15) is 9.59 Å². The quantitative estimate of drug-likeness (QED) is 0.642. The second-order valence-electron chi connectivity index (χ2n) is 4.99. The van der Waals surface area contributed by atoms with Crippen molar-refractivity contribution in [1.82, 2.24) is 0 Å². The molecule has 0 aliphatic heterocycles. The number of esters is 1. The average molecular weight is 290 g/mol. The van der Waals surface area contributed by atoms with Crippen molar-refractivity contribution in [2.45, 2.75) is 33.8 Å². The molecule has 0 radical (unpaired) electrons. The minimum atomic E-state index is -0.732. The molecule has 0 N–H and O–H groups in total. The highest BCUT2D eigenvalue weighted by molar-refractivity contribution is 5.85. The fourth-order valence-electron chi connectivity index (χ4n) is 2.16.